The molecule has 1 aliphatic rings. The molecule has 17 heavy (non-hydrogen) atoms. The van der Waals surface area contributed by atoms with Crippen molar-refractivity contribution in [1.82, 2.24) is 4.90 Å². The van der Waals surface area contributed by atoms with E-state index in [2.05, 4.69) is 35.1 Å². The molecule has 1 unspecified atom stereocenters. The largest absolute Gasteiger partial charge is 0.384 e. The molecule has 1 atom stereocenters. The van der Waals surface area contributed by atoms with Crippen LogP contribution in [0.4, 0.5) is 0 Å². The predicted octanol–water partition coefficient (Wildman–Crippen LogP) is 2.32. The molecule has 1 aromatic heterocycles. The maximum Gasteiger partial charge on any atom is 0.104 e. The number of hydrogen-bond donors (Lipinski definition) is 1. The average molecular weight is 249 g/mol. The molecule has 0 saturated carbocycles. The highest BCUT2D eigenvalue weighted by atomic mass is 32.1. The molecule has 0 radical (unpaired) electrons. The van der Waals surface area contributed by atoms with Gasteiger partial charge in [0.05, 0.1) is 0 Å². The predicted molar refractivity (Wildman–Crippen MR) is 72.0 cm³/mol. The van der Waals surface area contributed by atoms with Crippen molar-refractivity contribution in [3.05, 3.63) is 21.9 Å². The van der Waals surface area contributed by atoms with Gasteiger partial charge in [-0.25, -0.2) is 0 Å². The molecule has 0 aliphatic carbocycles. The monoisotopic (exact) mass is 249 g/mol. The minimum absolute atomic E-state index is 0.0600. The fourth-order valence-corrected chi connectivity index (χ4v) is 3.14. The number of aliphatic hydroxyl groups is 1. The second-order valence-electron chi connectivity index (χ2n) is 4.56. The third-order valence-electron chi connectivity index (χ3n) is 3.29. The maximum absolute atomic E-state index is 8.64. The van der Waals surface area contributed by atoms with Crippen LogP contribution in [0.25, 0.3) is 0 Å². The van der Waals surface area contributed by atoms with Crippen LogP contribution >= 0.6 is 11.3 Å². The van der Waals surface area contributed by atoms with Crippen molar-refractivity contribution in [1.29, 1.82) is 0 Å². The summed E-state index contributed by atoms with van der Waals surface area (Å²) < 4.78 is 0. The van der Waals surface area contributed by atoms with Crippen molar-refractivity contribution in [2.75, 3.05) is 19.7 Å². The first-order chi connectivity index (χ1) is 8.31. The van der Waals surface area contributed by atoms with Crippen LogP contribution < -0.4 is 0 Å². The smallest absolute Gasteiger partial charge is 0.104 e. The first-order valence-electron chi connectivity index (χ1n) is 6.21. The Morgan fingerprint density at radius 2 is 2.47 bits per heavy atom. The number of likely N-dealkylation sites (tertiary alicyclic amines) is 1. The Kier molecular flexibility index (Phi) is 4.61. The van der Waals surface area contributed by atoms with Gasteiger partial charge in [-0.3, -0.25) is 4.90 Å². The van der Waals surface area contributed by atoms with Crippen LogP contribution in [0.3, 0.4) is 0 Å². The lowest BCUT2D eigenvalue weighted by Crippen LogP contribution is -2.19. The van der Waals surface area contributed by atoms with Gasteiger partial charge in [0.15, 0.2) is 0 Å². The number of thiophene rings is 1. The van der Waals surface area contributed by atoms with E-state index in [1.54, 1.807) is 11.3 Å². The van der Waals surface area contributed by atoms with Crippen LogP contribution in [0.1, 0.15) is 30.2 Å². The minimum atomic E-state index is -0.0600. The van der Waals surface area contributed by atoms with Crippen molar-refractivity contribution in [2.24, 2.45) is 5.92 Å². The summed E-state index contributed by atoms with van der Waals surface area (Å²) in [4.78, 5) is 3.91. The van der Waals surface area contributed by atoms with E-state index in [1.165, 1.54) is 30.8 Å². The molecule has 2 nitrogen and oxygen atoms in total. The molecule has 3 heteroatoms. The van der Waals surface area contributed by atoms with E-state index < -0.39 is 0 Å². The average Bonchev–Trinajstić information content (AvgIpc) is 2.96. The Bertz CT molecular complexity index is 415. The molecule has 92 valence electrons. The van der Waals surface area contributed by atoms with Gasteiger partial charge < -0.3 is 5.11 Å². The van der Waals surface area contributed by atoms with Crippen LogP contribution in [-0.2, 0) is 6.54 Å². The van der Waals surface area contributed by atoms with E-state index in [4.69, 9.17) is 5.11 Å². The van der Waals surface area contributed by atoms with Crippen LogP contribution in [0.15, 0.2) is 11.4 Å². The van der Waals surface area contributed by atoms with Gasteiger partial charge in [0.25, 0.3) is 0 Å². The lowest BCUT2D eigenvalue weighted by molar-refractivity contribution is 0.318. The van der Waals surface area contributed by atoms with E-state index in [9.17, 15) is 0 Å². The number of rotatable bonds is 3. The quantitative estimate of drug-likeness (QED) is 0.831. The van der Waals surface area contributed by atoms with Crippen LogP contribution in [-0.4, -0.2) is 29.7 Å². The fourth-order valence-electron chi connectivity index (χ4n) is 2.28. The number of aliphatic hydroxyl groups excluding tert-OH is 1. The van der Waals surface area contributed by atoms with E-state index in [-0.39, 0.29) is 6.61 Å². The molecule has 1 fully saturated rings. The van der Waals surface area contributed by atoms with Gasteiger partial charge in [-0.1, -0.05) is 25.2 Å². The van der Waals surface area contributed by atoms with E-state index in [0.29, 0.717) is 0 Å². The van der Waals surface area contributed by atoms with Gasteiger partial charge >= 0.3 is 0 Å². The zero-order valence-electron chi connectivity index (χ0n) is 10.3. The van der Waals surface area contributed by atoms with Crippen molar-refractivity contribution < 1.29 is 5.11 Å². The maximum atomic E-state index is 8.64. The van der Waals surface area contributed by atoms with Crippen LogP contribution in [0, 0.1) is 17.8 Å². The second-order valence-corrected chi connectivity index (χ2v) is 5.56. The second kappa shape index (κ2) is 6.20. The minimum Gasteiger partial charge on any atom is -0.384 e. The van der Waals surface area contributed by atoms with Gasteiger partial charge in [-0.2, -0.15) is 0 Å². The Balaban J connectivity index is 1.89. The highest BCUT2D eigenvalue weighted by molar-refractivity contribution is 7.10. The van der Waals surface area contributed by atoms with Crippen molar-refractivity contribution in [2.45, 2.75) is 26.3 Å². The molecule has 0 aromatic carbocycles. The van der Waals surface area contributed by atoms with Crippen LogP contribution in [0.5, 0.6) is 0 Å². The highest BCUT2D eigenvalue weighted by Crippen LogP contribution is 2.23. The molecule has 0 amide bonds. The summed E-state index contributed by atoms with van der Waals surface area (Å²) in [6.45, 7) is 5.75. The SMILES string of the molecule is CCC1CCN(Cc2cc(C#CCO)cs2)C1. The first-order valence-corrected chi connectivity index (χ1v) is 7.09. The van der Waals surface area contributed by atoms with E-state index in [0.717, 1.165) is 18.0 Å². The van der Waals surface area contributed by atoms with Gasteiger partial charge in [0.1, 0.15) is 6.61 Å². The number of nitrogens with zero attached hydrogens (tertiary/aromatic N) is 1. The van der Waals surface area contributed by atoms with Crippen molar-refractivity contribution >= 4 is 11.3 Å². The summed E-state index contributed by atoms with van der Waals surface area (Å²) in [6.07, 6.45) is 2.65. The Hall–Kier alpha value is -0.820. The third kappa shape index (κ3) is 3.57. The van der Waals surface area contributed by atoms with Crippen molar-refractivity contribution in [3.8, 4) is 11.8 Å². The lowest BCUT2D eigenvalue weighted by Gasteiger charge is -2.13. The zero-order chi connectivity index (χ0) is 12.1. The van der Waals surface area contributed by atoms with Gasteiger partial charge in [-0.05, 0) is 24.9 Å². The summed E-state index contributed by atoms with van der Waals surface area (Å²) in [7, 11) is 0. The molecule has 0 bridgehead atoms. The Labute approximate surface area is 107 Å². The molecular weight excluding hydrogens is 230 g/mol. The molecule has 1 N–H and O–H groups in total. The molecule has 1 aliphatic heterocycles. The zero-order valence-corrected chi connectivity index (χ0v) is 11.1. The molecule has 0 spiro atoms. The fraction of sp³-hybridized carbons (Fsp3) is 0.571. The van der Waals surface area contributed by atoms with E-state index >= 15 is 0 Å². The standard InChI is InChI=1S/C14H19NOS/c1-2-12-5-6-15(9-12)10-14-8-13(11-17-14)4-3-7-16/h8,11-12,16H,2,5-7,9-10H2,1H3. The summed E-state index contributed by atoms with van der Waals surface area (Å²) in [5, 5.41) is 10.7. The molecule has 2 heterocycles. The summed E-state index contributed by atoms with van der Waals surface area (Å²) in [6, 6.07) is 2.15. The number of hydrogen-bond acceptors (Lipinski definition) is 3. The summed E-state index contributed by atoms with van der Waals surface area (Å²) in [5.41, 5.74) is 1.03. The van der Waals surface area contributed by atoms with Gasteiger partial charge in [0, 0.05) is 28.9 Å². The normalized spacial score (nSPS) is 20.2. The van der Waals surface area contributed by atoms with Crippen molar-refractivity contribution in [3.63, 3.8) is 0 Å². The molecule has 1 saturated heterocycles. The summed E-state index contributed by atoms with van der Waals surface area (Å²) in [5.74, 6) is 6.53. The Morgan fingerprint density at radius 3 is 3.18 bits per heavy atom. The van der Waals surface area contributed by atoms with Gasteiger partial charge in [0.2, 0.25) is 0 Å². The topological polar surface area (TPSA) is 23.5 Å². The van der Waals surface area contributed by atoms with Crippen LogP contribution in [0.2, 0.25) is 0 Å². The van der Waals surface area contributed by atoms with Gasteiger partial charge in [-0.15, -0.1) is 11.3 Å². The third-order valence-corrected chi connectivity index (χ3v) is 4.21. The molecular formula is C14H19NOS. The van der Waals surface area contributed by atoms with E-state index in [1.807, 2.05) is 0 Å². The Morgan fingerprint density at radius 1 is 1.59 bits per heavy atom. The first kappa shape index (κ1) is 12.6. The lowest BCUT2D eigenvalue weighted by atomic mass is 10.1. The highest BCUT2D eigenvalue weighted by Gasteiger charge is 2.20. The molecule has 2 rings (SSSR count). The summed E-state index contributed by atoms with van der Waals surface area (Å²) >= 11 is 1.77. The molecule has 1 aromatic rings.